The maximum atomic E-state index is 11.9. The van der Waals surface area contributed by atoms with Crippen molar-refractivity contribution < 1.29 is 14.6 Å². The van der Waals surface area contributed by atoms with Crippen LogP contribution in [0.2, 0.25) is 0 Å². The number of phenols is 1. The van der Waals surface area contributed by atoms with Gasteiger partial charge < -0.3 is 9.84 Å². The Kier molecular flexibility index (Phi) is 12.3. The SMILES string of the molecule is C.CCC.CCc1c(C)c(OC)c(CCC(C)C)c(O)c1C(C)=O. The first-order valence-electron chi connectivity index (χ1n) is 8.68. The van der Waals surface area contributed by atoms with Crippen LogP contribution >= 0.6 is 0 Å². The van der Waals surface area contributed by atoms with E-state index < -0.39 is 0 Å². The summed E-state index contributed by atoms with van der Waals surface area (Å²) in [6.45, 7) is 14.0. The highest BCUT2D eigenvalue weighted by molar-refractivity contribution is 5.99. The van der Waals surface area contributed by atoms with Gasteiger partial charge in [0.1, 0.15) is 11.5 Å². The van der Waals surface area contributed by atoms with Gasteiger partial charge in [-0.25, -0.2) is 0 Å². The molecule has 0 spiro atoms. The van der Waals surface area contributed by atoms with Gasteiger partial charge in [0.05, 0.1) is 12.7 Å². The average Bonchev–Trinajstić information content (AvgIpc) is 2.47. The van der Waals surface area contributed by atoms with Crippen LogP contribution in [0, 0.1) is 12.8 Å². The van der Waals surface area contributed by atoms with Crippen LogP contribution in [-0.2, 0) is 12.8 Å². The molecule has 0 amide bonds. The number of hydrogen-bond acceptors (Lipinski definition) is 3. The molecule has 1 N–H and O–H groups in total. The second kappa shape index (κ2) is 11.9. The fourth-order valence-electron chi connectivity index (χ4n) is 2.71. The molecule has 24 heavy (non-hydrogen) atoms. The van der Waals surface area contributed by atoms with Crippen molar-refractivity contribution in [2.24, 2.45) is 5.92 Å². The van der Waals surface area contributed by atoms with Crippen molar-refractivity contribution in [1.82, 2.24) is 0 Å². The van der Waals surface area contributed by atoms with Crippen molar-refractivity contribution in [3.05, 3.63) is 22.3 Å². The Labute approximate surface area is 149 Å². The van der Waals surface area contributed by atoms with Crippen LogP contribution in [0.25, 0.3) is 0 Å². The van der Waals surface area contributed by atoms with Gasteiger partial charge in [-0.2, -0.15) is 0 Å². The van der Waals surface area contributed by atoms with Gasteiger partial charge in [-0.15, -0.1) is 0 Å². The molecule has 0 radical (unpaired) electrons. The number of hydrogen-bond donors (Lipinski definition) is 1. The summed E-state index contributed by atoms with van der Waals surface area (Å²) in [5.74, 6) is 1.28. The molecule has 0 aliphatic carbocycles. The molecule has 0 fully saturated rings. The maximum Gasteiger partial charge on any atom is 0.163 e. The summed E-state index contributed by atoms with van der Waals surface area (Å²) in [7, 11) is 1.62. The monoisotopic (exact) mass is 338 g/mol. The van der Waals surface area contributed by atoms with Crippen LogP contribution in [0.4, 0.5) is 0 Å². The summed E-state index contributed by atoms with van der Waals surface area (Å²) >= 11 is 0. The number of benzene rings is 1. The van der Waals surface area contributed by atoms with E-state index in [1.54, 1.807) is 7.11 Å². The lowest BCUT2D eigenvalue weighted by atomic mass is 9.89. The van der Waals surface area contributed by atoms with Gasteiger partial charge in [0, 0.05) is 5.56 Å². The zero-order valence-electron chi connectivity index (χ0n) is 16.2. The average molecular weight is 339 g/mol. The molecule has 0 aliphatic heterocycles. The maximum absolute atomic E-state index is 11.9. The molecule has 0 aromatic heterocycles. The molecule has 3 nitrogen and oxygen atoms in total. The van der Waals surface area contributed by atoms with Crippen molar-refractivity contribution in [2.45, 2.75) is 81.6 Å². The molecular weight excluding hydrogens is 300 g/mol. The first kappa shape index (κ1) is 24.7. The first-order valence-corrected chi connectivity index (χ1v) is 8.68. The van der Waals surface area contributed by atoms with E-state index in [4.69, 9.17) is 4.74 Å². The fraction of sp³-hybridized carbons (Fsp3) is 0.667. The van der Waals surface area contributed by atoms with Crippen molar-refractivity contribution in [1.29, 1.82) is 0 Å². The third-order valence-electron chi connectivity index (χ3n) is 3.77. The lowest BCUT2D eigenvalue weighted by Crippen LogP contribution is -2.08. The highest BCUT2D eigenvalue weighted by atomic mass is 16.5. The van der Waals surface area contributed by atoms with Gasteiger partial charge >= 0.3 is 0 Å². The molecule has 0 saturated carbocycles. The van der Waals surface area contributed by atoms with Crippen LogP contribution in [0.5, 0.6) is 11.5 Å². The Morgan fingerprint density at radius 3 is 2.00 bits per heavy atom. The molecule has 0 saturated heterocycles. The second-order valence-corrected chi connectivity index (χ2v) is 6.39. The predicted molar refractivity (Wildman–Crippen MR) is 105 cm³/mol. The number of aromatic hydroxyl groups is 1. The number of methoxy groups -OCH3 is 1. The van der Waals surface area contributed by atoms with Crippen molar-refractivity contribution >= 4 is 5.78 Å². The second-order valence-electron chi connectivity index (χ2n) is 6.39. The van der Waals surface area contributed by atoms with Gasteiger partial charge in [0.15, 0.2) is 5.78 Å². The smallest absolute Gasteiger partial charge is 0.163 e. The molecule has 0 aliphatic rings. The molecule has 0 unspecified atom stereocenters. The third kappa shape index (κ3) is 6.18. The number of ether oxygens (including phenoxy) is 1. The Balaban J connectivity index is 0. The minimum absolute atomic E-state index is 0. The standard InChI is InChI=1S/C17H26O3.C3H8.CH4/c1-7-13-11(4)17(20-6)14(9-8-10(2)3)16(19)15(13)12(5)18;1-3-2;/h10,19H,7-9H2,1-6H3;3H2,1-2H3;1H4. The Morgan fingerprint density at radius 1 is 1.17 bits per heavy atom. The molecule has 1 rings (SSSR count). The van der Waals surface area contributed by atoms with Crippen LogP contribution in [0.1, 0.15) is 88.9 Å². The number of carbonyl (C=O) groups is 1. The molecular formula is C21H38O3. The number of ketones is 1. The summed E-state index contributed by atoms with van der Waals surface area (Å²) in [4.78, 5) is 11.9. The molecule has 0 heterocycles. The van der Waals surface area contributed by atoms with Gasteiger partial charge in [0.25, 0.3) is 0 Å². The van der Waals surface area contributed by atoms with E-state index in [1.165, 1.54) is 13.3 Å². The zero-order valence-corrected chi connectivity index (χ0v) is 16.2. The van der Waals surface area contributed by atoms with E-state index in [9.17, 15) is 9.90 Å². The molecule has 0 bridgehead atoms. The van der Waals surface area contributed by atoms with E-state index in [1.807, 2.05) is 13.8 Å². The number of phenolic OH excluding ortho intramolecular Hbond substituents is 1. The van der Waals surface area contributed by atoms with Crippen molar-refractivity contribution in [2.75, 3.05) is 7.11 Å². The number of rotatable bonds is 6. The Morgan fingerprint density at radius 2 is 1.67 bits per heavy atom. The lowest BCUT2D eigenvalue weighted by molar-refractivity contribution is 0.101. The number of carbonyl (C=O) groups excluding carboxylic acids is 1. The van der Waals surface area contributed by atoms with Crippen molar-refractivity contribution in [3.8, 4) is 11.5 Å². The molecule has 1 aromatic carbocycles. The van der Waals surface area contributed by atoms with Crippen LogP contribution < -0.4 is 4.74 Å². The predicted octanol–water partition coefficient (Wildman–Crippen LogP) is 6.12. The van der Waals surface area contributed by atoms with Crippen LogP contribution in [0.3, 0.4) is 0 Å². The van der Waals surface area contributed by atoms with E-state index in [0.717, 1.165) is 35.3 Å². The van der Waals surface area contributed by atoms with Crippen LogP contribution in [-0.4, -0.2) is 18.0 Å². The zero-order chi connectivity index (χ0) is 18.2. The fourth-order valence-corrected chi connectivity index (χ4v) is 2.71. The quantitative estimate of drug-likeness (QED) is 0.636. The van der Waals surface area contributed by atoms with Gasteiger partial charge in [-0.05, 0) is 50.2 Å². The van der Waals surface area contributed by atoms with Crippen LogP contribution in [0.15, 0.2) is 0 Å². The summed E-state index contributed by atoms with van der Waals surface area (Å²) in [5, 5.41) is 10.5. The van der Waals surface area contributed by atoms with E-state index in [2.05, 4.69) is 27.7 Å². The molecule has 3 heteroatoms. The van der Waals surface area contributed by atoms with Gasteiger partial charge in [-0.1, -0.05) is 48.5 Å². The lowest BCUT2D eigenvalue weighted by Gasteiger charge is -2.20. The minimum atomic E-state index is -0.0871. The molecule has 0 atom stereocenters. The molecule has 140 valence electrons. The van der Waals surface area contributed by atoms with Gasteiger partial charge in [-0.3, -0.25) is 4.79 Å². The summed E-state index contributed by atoms with van der Waals surface area (Å²) in [6.07, 6.45) is 3.62. The highest BCUT2D eigenvalue weighted by Crippen LogP contribution is 2.39. The van der Waals surface area contributed by atoms with Crippen molar-refractivity contribution in [3.63, 3.8) is 0 Å². The normalized spacial score (nSPS) is 9.88. The summed E-state index contributed by atoms with van der Waals surface area (Å²) in [6, 6.07) is 0. The summed E-state index contributed by atoms with van der Waals surface area (Å²) < 4.78 is 5.50. The third-order valence-corrected chi connectivity index (χ3v) is 3.77. The molecule has 1 aromatic rings. The largest absolute Gasteiger partial charge is 0.507 e. The van der Waals surface area contributed by atoms with E-state index in [-0.39, 0.29) is 19.0 Å². The van der Waals surface area contributed by atoms with Gasteiger partial charge in [0.2, 0.25) is 0 Å². The van der Waals surface area contributed by atoms with E-state index in [0.29, 0.717) is 17.9 Å². The Bertz CT molecular complexity index is 517. The number of Topliss-reactive ketones (excluding diaryl/α,β-unsaturated/α-hetero) is 1. The highest BCUT2D eigenvalue weighted by Gasteiger charge is 2.23. The van der Waals surface area contributed by atoms with E-state index >= 15 is 0 Å². The first-order chi connectivity index (χ1) is 10.8. The summed E-state index contributed by atoms with van der Waals surface area (Å²) in [5.41, 5.74) is 3.09. The topological polar surface area (TPSA) is 46.5 Å². The Hall–Kier alpha value is -1.51. The minimum Gasteiger partial charge on any atom is -0.507 e.